The Morgan fingerprint density at radius 3 is 2.80 bits per heavy atom. The minimum Gasteiger partial charge on any atom is -0.495 e. The number of thiophene rings is 1. The van der Waals surface area contributed by atoms with Gasteiger partial charge in [-0.25, -0.2) is 14.8 Å². The molecule has 3 aromatic heterocycles. The van der Waals surface area contributed by atoms with Crippen molar-refractivity contribution in [2.75, 3.05) is 25.9 Å². The second-order valence-electron chi connectivity index (χ2n) is 10.2. The van der Waals surface area contributed by atoms with Gasteiger partial charge in [0.2, 0.25) is 0 Å². The summed E-state index contributed by atoms with van der Waals surface area (Å²) in [6.45, 7) is 9.82. The number of methoxy groups -OCH3 is 1. The van der Waals surface area contributed by atoms with Gasteiger partial charge < -0.3 is 24.7 Å². The van der Waals surface area contributed by atoms with E-state index >= 15 is 0 Å². The van der Waals surface area contributed by atoms with Crippen LogP contribution in [0.4, 0.5) is 10.6 Å². The zero-order valence-corrected chi connectivity index (χ0v) is 21.6. The van der Waals surface area contributed by atoms with E-state index in [0.717, 1.165) is 55.8 Å². The lowest BCUT2D eigenvalue weighted by molar-refractivity contribution is 0.0287. The maximum absolute atomic E-state index is 12.5. The predicted molar refractivity (Wildman–Crippen MR) is 140 cm³/mol. The number of ether oxygens (including phenoxy) is 2. The van der Waals surface area contributed by atoms with E-state index < -0.39 is 5.60 Å². The first-order valence-electron chi connectivity index (χ1n) is 11.8. The number of rotatable bonds is 4. The number of likely N-dealkylation sites (tertiary alicyclic amines) is 1. The second-order valence-corrected chi connectivity index (χ2v) is 11.3. The summed E-state index contributed by atoms with van der Waals surface area (Å²) in [5.74, 6) is 1.64. The van der Waals surface area contributed by atoms with Crippen LogP contribution in [0, 0.1) is 12.8 Å². The molecule has 8 nitrogen and oxygen atoms in total. The third kappa shape index (κ3) is 4.52. The molecule has 1 aliphatic heterocycles. The molecule has 0 radical (unpaired) electrons. The molecule has 5 rings (SSSR count). The first-order valence-corrected chi connectivity index (χ1v) is 12.6. The van der Waals surface area contributed by atoms with Crippen molar-refractivity contribution in [1.82, 2.24) is 19.4 Å². The zero-order valence-electron chi connectivity index (χ0n) is 20.8. The van der Waals surface area contributed by atoms with Gasteiger partial charge in [0.05, 0.1) is 17.2 Å². The summed E-state index contributed by atoms with van der Waals surface area (Å²) >= 11 is 1.68. The number of hydrogen-bond donors (Lipinski definition) is 1. The summed E-state index contributed by atoms with van der Waals surface area (Å²) in [5, 5.41) is 2.00. The fourth-order valence-corrected chi connectivity index (χ4v) is 5.92. The summed E-state index contributed by atoms with van der Waals surface area (Å²) < 4.78 is 14.5. The molecule has 0 aliphatic carbocycles. The van der Waals surface area contributed by atoms with E-state index in [9.17, 15) is 4.79 Å². The van der Waals surface area contributed by atoms with Crippen molar-refractivity contribution < 1.29 is 14.3 Å². The van der Waals surface area contributed by atoms with Gasteiger partial charge >= 0.3 is 6.09 Å². The van der Waals surface area contributed by atoms with Gasteiger partial charge in [-0.2, -0.15) is 0 Å². The summed E-state index contributed by atoms with van der Waals surface area (Å²) in [7, 11) is 1.70. The number of carbonyl (C=O) groups excluding carboxylic acids is 1. The van der Waals surface area contributed by atoms with E-state index in [1.807, 2.05) is 20.8 Å². The highest BCUT2D eigenvalue weighted by Crippen LogP contribution is 2.43. The Bertz CT molecular complexity index is 1420. The maximum atomic E-state index is 12.5. The number of aryl methyl sites for hydroxylation is 1. The normalized spacial score (nSPS) is 16.4. The van der Waals surface area contributed by atoms with Crippen LogP contribution in [0.15, 0.2) is 30.7 Å². The highest BCUT2D eigenvalue weighted by Gasteiger charge is 2.30. The predicted octanol–water partition coefficient (Wildman–Crippen LogP) is 5.47. The van der Waals surface area contributed by atoms with Crippen LogP contribution < -0.4 is 10.5 Å². The van der Waals surface area contributed by atoms with E-state index in [0.29, 0.717) is 24.8 Å². The van der Waals surface area contributed by atoms with Crippen LogP contribution in [0.2, 0.25) is 0 Å². The fourth-order valence-electron chi connectivity index (χ4n) is 4.77. The van der Waals surface area contributed by atoms with Crippen LogP contribution in [-0.4, -0.2) is 51.3 Å². The number of hydrogen-bond acceptors (Lipinski definition) is 7. The Kier molecular flexibility index (Phi) is 5.83. The highest BCUT2D eigenvalue weighted by molar-refractivity contribution is 7.22. The Morgan fingerprint density at radius 2 is 2.06 bits per heavy atom. The fraction of sp³-hybridized carbons (Fsp3) is 0.423. The number of aromatic nitrogens is 3. The van der Waals surface area contributed by atoms with Gasteiger partial charge in [0.15, 0.2) is 0 Å². The van der Waals surface area contributed by atoms with Crippen molar-refractivity contribution in [3.05, 3.63) is 36.3 Å². The molecule has 4 heterocycles. The highest BCUT2D eigenvalue weighted by atomic mass is 32.1. The molecule has 35 heavy (non-hydrogen) atoms. The largest absolute Gasteiger partial charge is 0.495 e. The van der Waals surface area contributed by atoms with E-state index in [1.165, 1.54) is 6.33 Å². The van der Waals surface area contributed by atoms with Gasteiger partial charge in [-0.05, 0) is 63.1 Å². The first kappa shape index (κ1) is 23.4. The SMILES string of the molecule is COc1cc(C)cc2cc(-c3cn(CC4CCN(C(=O)OC(C)(C)C)C4)c4ncnc(N)c34)sc12. The molecule has 1 aromatic carbocycles. The lowest BCUT2D eigenvalue weighted by atomic mass is 10.1. The molecule has 4 aromatic rings. The number of carbonyl (C=O) groups is 1. The Hall–Kier alpha value is -3.33. The van der Waals surface area contributed by atoms with E-state index in [-0.39, 0.29) is 6.09 Å². The van der Waals surface area contributed by atoms with Gasteiger partial charge in [0.1, 0.15) is 29.1 Å². The minimum absolute atomic E-state index is 0.251. The minimum atomic E-state index is -0.499. The van der Waals surface area contributed by atoms with Crippen LogP contribution >= 0.6 is 11.3 Å². The number of fused-ring (bicyclic) bond motifs is 2. The maximum Gasteiger partial charge on any atom is 0.410 e. The molecule has 0 bridgehead atoms. The van der Waals surface area contributed by atoms with E-state index in [1.54, 1.807) is 23.3 Å². The number of nitrogen functional groups attached to an aromatic ring is 1. The smallest absolute Gasteiger partial charge is 0.410 e. The summed E-state index contributed by atoms with van der Waals surface area (Å²) in [6, 6.07) is 6.40. The topological polar surface area (TPSA) is 95.5 Å². The molecule has 1 fully saturated rings. The Balaban J connectivity index is 1.48. The van der Waals surface area contributed by atoms with E-state index in [2.05, 4.69) is 45.9 Å². The molecule has 1 unspecified atom stereocenters. The molecule has 184 valence electrons. The van der Waals surface area contributed by atoms with Crippen molar-refractivity contribution in [2.24, 2.45) is 5.92 Å². The molecule has 1 saturated heterocycles. The molecular formula is C26H31N5O3S. The Labute approximate surface area is 208 Å². The monoisotopic (exact) mass is 493 g/mol. The van der Waals surface area contributed by atoms with Crippen LogP contribution in [0.5, 0.6) is 5.75 Å². The quantitative estimate of drug-likeness (QED) is 0.405. The van der Waals surface area contributed by atoms with Crippen molar-refractivity contribution >= 4 is 44.4 Å². The lowest BCUT2D eigenvalue weighted by Gasteiger charge is -2.24. The third-order valence-corrected chi connectivity index (χ3v) is 7.49. The van der Waals surface area contributed by atoms with Crippen molar-refractivity contribution in [3.8, 4) is 16.2 Å². The number of nitrogens with two attached hydrogens (primary N) is 1. The number of amides is 1. The summed E-state index contributed by atoms with van der Waals surface area (Å²) in [6.07, 6.45) is 4.29. The summed E-state index contributed by atoms with van der Waals surface area (Å²) in [5.41, 5.74) is 8.83. The van der Waals surface area contributed by atoms with Crippen LogP contribution in [0.1, 0.15) is 32.8 Å². The van der Waals surface area contributed by atoms with E-state index in [4.69, 9.17) is 15.2 Å². The molecule has 1 aliphatic rings. The number of anilines is 1. The molecule has 2 N–H and O–H groups in total. The molecule has 0 saturated carbocycles. The van der Waals surface area contributed by atoms with Crippen molar-refractivity contribution in [1.29, 1.82) is 0 Å². The lowest BCUT2D eigenvalue weighted by Crippen LogP contribution is -2.35. The first-order chi connectivity index (χ1) is 16.6. The number of nitrogens with zero attached hydrogens (tertiary/aromatic N) is 4. The standard InChI is InChI=1S/C26H31N5O3S/c1-15-8-17-10-20(35-22(17)19(9-15)33-5)18-13-31(24-21(18)23(27)28-14-29-24)12-16-6-7-30(11-16)25(32)34-26(2,3)4/h8-10,13-14,16H,6-7,11-12H2,1-5H3,(H2,27,28,29). The van der Waals surface area contributed by atoms with Crippen LogP contribution in [-0.2, 0) is 11.3 Å². The van der Waals surface area contributed by atoms with Crippen LogP contribution in [0.25, 0.3) is 31.6 Å². The second kappa shape index (κ2) is 8.71. The molecular weight excluding hydrogens is 462 g/mol. The molecule has 1 amide bonds. The molecule has 1 atom stereocenters. The van der Waals surface area contributed by atoms with Gasteiger partial charge in [-0.3, -0.25) is 0 Å². The molecule has 9 heteroatoms. The summed E-state index contributed by atoms with van der Waals surface area (Å²) in [4.78, 5) is 24.3. The van der Waals surface area contributed by atoms with Crippen molar-refractivity contribution in [2.45, 2.75) is 46.3 Å². The van der Waals surface area contributed by atoms with Gasteiger partial charge in [-0.1, -0.05) is 6.07 Å². The zero-order chi connectivity index (χ0) is 24.9. The Morgan fingerprint density at radius 1 is 1.26 bits per heavy atom. The number of benzene rings is 1. The van der Waals surface area contributed by atoms with Gasteiger partial charge in [-0.15, -0.1) is 11.3 Å². The van der Waals surface area contributed by atoms with Crippen molar-refractivity contribution in [3.63, 3.8) is 0 Å². The van der Waals surface area contributed by atoms with Gasteiger partial charge in [0, 0.05) is 36.3 Å². The van der Waals surface area contributed by atoms with Gasteiger partial charge in [0.25, 0.3) is 0 Å². The average molecular weight is 494 g/mol. The average Bonchev–Trinajstić information content (AvgIpc) is 3.50. The third-order valence-electron chi connectivity index (χ3n) is 6.29. The van der Waals surface area contributed by atoms with Crippen LogP contribution in [0.3, 0.4) is 0 Å². The molecule has 0 spiro atoms.